The van der Waals surface area contributed by atoms with E-state index in [9.17, 15) is 0 Å². The molecule has 4 heterocycles. The SMILES string of the molecule is c1ccc2c(c1)C1c3cccc(P(n4cccc4)n4cccc4)c3C2c2c1cccc2P(n1cccc1)n1cccc1. The first-order valence-corrected chi connectivity index (χ1v) is 16.9. The summed E-state index contributed by atoms with van der Waals surface area (Å²) in [6, 6.07) is 40.5. The van der Waals surface area contributed by atoms with Crippen LogP contribution in [0.25, 0.3) is 0 Å². The topological polar surface area (TPSA) is 19.7 Å². The summed E-state index contributed by atoms with van der Waals surface area (Å²) >= 11 is 0. The molecule has 6 heteroatoms. The van der Waals surface area contributed by atoms with Gasteiger partial charge in [0.05, 0.1) is 0 Å². The predicted molar refractivity (Wildman–Crippen MR) is 174 cm³/mol. The Labute approximate surface area is 247 Å². The molecule has 0 spiro atoms. The molecular formula is C36H28N4P2. The Kier molecular flexibility index (Phi) is 5.54. The van der Waals surface area contributed by atoms with E-state index < -0.39 is 16.4 Å². The van der Waals surface area contributed by atoms with Crippen LogP contribution in [0, 0.1) is 0 Å². The van der Waals surface area contributed by atoms with Crippen LogP contribution in [0.15, 0.2) is 159 Å². The highest BCUT2D eigenvalue weighted by molar-refractivity contribution is 7.63. The molecule has 0 atom stereocenters. The van der Waals surface area contributed by atoms with Gasteiger partial charge in [0.2, 0.25) is 0 Å². The van der Waals surface area contributed by atoms with Crippen LogP contribution in [0.3, 0.4) is 0 Å². The quantitative estimate of drug-likeness (QED) is 0.179. The van der Waals surface area contributed by atoms with Crippen LogP contribution in [0.2, 0.25) is 0 Å². The van der Waals surface area contributed by atoms with E-state index in [-0.39, 0.29) is 11.8 Å². The lowest BCUT2D eigenvalue weighted by molar-refractivity contribution is 0.762. The second kappa shape index (κ2) is 9.60. The van der Waals surface area contributed by atoms with Gasteiger partial charge in [0.25, 0.3) is 0 Å². The first-order chi connectivity index (χ1) is 20.9. The Morgan fingerprint density at radius 2 is 0.667 bits per heavy atom. The van der Waals surface area contributed by atoms with Crippen LogP contribution in [-0.2, 0) is 0 Å². The molecule has 3 aliphatic rings. The summed E-state index contributed by atoms with van der Waals surface area (Å²) in [5.74, 6) is 0.379. The first-order valence-electron chi connectivity index (χ1n) is 14.4. The molecule has 3 aromatic carbocycles. The van der Waals surface area contributed by atoms with E-state index in [0.29, 0.717) is 0 Å². The second-order valence-electron chi connectivity index (χ2n) is 10.9. The summed E-state index contributed by atoms with van der Waals surface area (Å²) in [5.41, 5.74) is 8.80. The molecule has 0 saturated carbocycles. The van der Waals surface area contributed by atoms with Crippen molar-refractivity contribution in [3.05, 3.63) is 192 Å². The summed E-state index contributed by atoms with van der Waals surface area (Å²) in [5, 5.41) is 2.84. The number of hydrogen-bond acceptors (Lipinski definition) is 0. The molecule has 0 radical (unpaired) electrons. The van der Waals surface area contributed by atoms with E-state index >= 15 is 0 Å². The average molecular weight is 579 g/mol. The van der Waals surface area contributed by atoms with Gasteiger partial charge in [-0.05, 0) is 81.9 Å². The fraction of sp³-hybridized carbons (Fsp3) is 0.0556. The lowest BCUT2D eigenvalue weighted by Crippen LogP contribution is -2.36. The van der Waals surface area contributed by atoms with Crippen molar-refractivity contribution in [2.45, 2.75) is 11.8 Å². The second-order valence-corrected chi connectivity index (χ2v) is 14.9. The summed E-state index contributed by atoms with van der Waals surface area (Å²) in [7, 11) is -1.69. The van der Waals surface area contributed by atoms with Crippen LogP contribution in [0.1, 0.15) is 45.2 Å². The highest BCUT2D eigenvalue weighted by atomic mass is 31.1. The van der Waals surface area contributed by atoms with Crippen molar-refractivity contribution in [1.29, 1.82) is 0 Å². The van der Waals surface area contributed by atoms with Gasteiger partial charge >= 0.3 is 0 Å². The zero-order valence-corrected chi connectivity index (χ0v) is 24.6. The van der Waals surface area contributed by atoms with Gasteiger partial charge in [0, 0.05) is 72.0 Å². The third-order valence-electron chi connectivity index (χ3n) is 8.71. The maximum absolute atomic E-state index is 2.40. The van der Waals surface area contributed by atoms with E-state index in [1.165, 1.54) is 44.0 Å². The molecule has 0 N–H and O–H groups in total. The lowest BCUT2D eigenvalue weighted by Gasteiger charge is -2.45. The summed E-state index contributed by atoms with van der Waals surface area (Å²) in [6.07, 6.45) is 17.8. The van der Waals surface area contributed by atoms with E-state index in [2.05, 4.69) is 176 Å². The molecule has 0 aliphatic heterocycles. The molecule has 202 valence electrons. The third kappa shape index (κ3) is 3.49. The van der Waals surface area contributed by atoms with Crippen LogP contribution < -0.4 is 10.6 Å². The molecule has 10 rings (SSSR count). The Balaban J connectivity index is 1.34. The van der Waals surface area contributed by atoms with Gasteiger partial charge < -0.3 is 17.4 Å². The molecule has 42 heavy (non-hydrogen) atoms. The van der Waals surface area contributed by atoms with E-state index in [4.69, 9.17) is 0 Å². The highest BCUT2D eigenvalue weighted by Crippen LogP contribution is 2.58. The smallest absolute Gasteiger partial charge is 0.136 e. The number of hydrogen-bond donors (Lipinski definition) is 0. The van der Waals surface area contributed by atoms with Crippen molar-refractivity contribution < 1.29 is 0 Å². The van der Waals surface area contributed by atoms with E-state index in [1.54, 1.807) is 0 Å². The van der Waals surface area contributed by atoms with Crippen molar-refractivity contribution in [2.75, 3.05) is 0 Å². The molecule has 0 saturated heterocycles. The van der Waals surface area contributed by atoms with Crippen molar-refractivity contribution >= 4 is 27.1 Å². The Hall–Kier alpha value is -4.36. The van der Waals surface area contributed by atoms with Gasteiger partial charge in [-0.1, -0.05) is 60.7 Å². The minimum Gasteiger partial charge on any atom is -0.312 e. The highest BCUT2D eigenvalue weighted by Gasteiger charge is 2.45. The minimum atomic E-state index is -0.846. The Bertz CT molecular complexity index is 1810. The predicted octanol–water partition coefficient (Wildman–Crippen LogP) is 7.95. The molecule has 4 aromatic heterocycles. The summed E-state index contributed by atoms with van der Waals surface area (Å²) < 4.78 is 9.61. The summed E-state index contributed by atoms with van der Waals surface area (Å²) in [6.45, 7) is 0. The lowest BCUT2D eigenvalue weighted by atomic mass is 9.61. The Morgan fingerprint density at radius 3 is 1.05 bits per heavy atom. The van der Waals surface area contributed by atoms with Gasteiger partial charge in [-0.3, -0.25) is 0 Å². The number of rotatable bonds is 6. The fourth-order valence-corrected chi connectivity index (χ4v) is 11.6. The van der Waals surface area contributed by atoms with Crippen LogP contribution >= 0.6 is 16.4 Å². The van der Waals surface area contributed by atoms with Crippen LogP contribution in [0.4, 0.5) is 0 Å². The molecule has 0 fully saturated rings. The van der Waals surface area contributed by atoms with E-state index in [1.807, 2.05) is 0 Å². The normalized spacial score (nSPS) is 16.5. The zero-order valence-electron chi connectivity index (χ0n) is 22.8. The summed E-state index contributed by atoms with van der Waals surface area (Å²) in [4.78, 5) is 0. The van der Waals surface area contributed by atoms with Gasteiger partial charge in [-0.25, -0.2) is 0 Å². The van der Waals surface area contributed by atoms with Crippen molar-refractivity contribution in [1.82, 2.24) is 17.4 Å². The largest absolute Gasteiger partial charge is 0.312 e. The maximum atomic E-state index is 2.40. The van der Waals surface area contributed by atoms with Gasteiger partial charge in [0.1, 0.15) is 16.4 Å². The monoisotopic (exact) mass is 578 g/mol. The van der Waals surface area contributed by atoms with Crippen molar-refractivity contribution in [2.24, 2.45) is 0 Å². The molecule has 2 bridgehead atoms. The standard InChI is InChI=1S/C36H28N4P2/c1-2-14-28-27(13-1)33-29-15-11-17-31(41(37-19-3-4-20-37)38-21-5-6-22-38)34(29)36(28)35-30(33)16-12-18-32(35)42(39-23-7-8-24-39)40-25-9-10-26-40/h1-26,33,36H. The molecular weight excluding hydrogens is 550 g/mol. The van der Waals surface area contributed by atoms with Crippen LogP contribution in [0.5, 0.6) is 0 Å². The van der Waals surface area contributed by atoms with Gasteiger partial charge in [0.15, 0.2) is 0 Å². The third-order valence-corrected chi connectivity index (χ3v) is 13.2. The average Bonchev–Trinajstić information content (AvgIpc) is 3.87. The molecule has 7 aromatic rings. The molecule has 0 unspecified atom stereocenters. The molecule has 0 amide bonds. The maximum Gasteiger partial charge on any atom is 0.136 e. The van der Waals surface area contributed by atoms with E-state index in [0.717, 1.165) is 0 Å². The zero-order chi connectivity index (χ0) is 27.6. The number of nitrogens with zero attached hydrogens (tertiary/aromatic N) is 4. The van der Waals surface area contributed by atoms with Gasteiger partial charge in [-0.2, -0.15) is 0 Å². The fourth-order valence-electron chi connectivity index (χ4n) is 7.16. The van der Waals surface area contributed by atoms with Gasteiger partial charge in [-0.15, -0.1) is 0 Å². The number of benzene rings is 3. The molecule has 3 aliphatic carbocycles. The van der Waals surface area contributed by atoms with Crippen LogP contribution in [-0.4, -0.2) is 17.4 Å². The molecule has 4 nitrogen and oxygen atoms in total. The van der Waals surface area contributed by atoms with Crippen molar-refractivity contribution in [3.8, 4) is 0 Å². The Morgan fingerprint density at radius 1 is 0.333 bits per heavy atom. The minimum absolute atomic E-state index is 0.163. The number of aromatic nitrogens is 4. The van der Waals surface area contributed by atoms with Crippen molar-refractivity contribution in [3.63, 3.8) is 0 Å². The first kappa shape index (κ1) is 24.3.